The molecular weight excluding hydrogens is 238 g/mol. The zero-order chi connectivity index (χ0) is 13.9. The molecule has 0 aromatic heterocycles. The topological polar surface area (TPSA) is 49.3 Å². The van der Waals surface area contributed by atoms with Crippen LogP contribution in [0, 0.1) is 5.41 Å². The number of rotatable bonds is 3. The molecule has 1 aromatic carbocycles. The molecule has 0 saturated heterocycles. The van der Waals surface area contributed by atoms with E-state index in [2.05, 4.69) is 12.2 Å². The van der Waals surface area contributed by atoms with Gasteiger partial charge in [-0.2, -0.15) is 0 Å². The molecule has 1 aliphatic carbocycles. The normalized spacial score (nSPS) is 19.7. The summed E-state index contributed by atoms with van der Waals surface area (Å²) >= 11 is 0. The first-order chi connectivity index (χ1) is 9.01. The van der Waals surface area contributed by atoms with E-state index in [0.29, 0.717) is 0 Å². The van der Waals surface area contributed by atoms with Gasteiger partial charge in [0, 0.05) is 11.1 Å². The summed E-state index contributed by atoms with van der Waals surface area (Å²) in [7, 11) is 0. The van der Waals surface area contributed by atoms with Crippen molar-refractivity contribution >= 4 is 11.6 Å². The third-order valence-electron chi connectivity index (χ3n) is 4.13. The average molecular weight is 261 g/mol. The van der Waals surface area contributed by atoms with Gasteiger partial charge in [-0.05, 0) is 37.5 Å². The van der Waals surface area contributed by atoms with Gasteiger partial charge in [-0.3, -0.25) is 4.79 Å². The Bertz CT molecular complexity index is 448. The summed E-state index contributed by atoms with van der Waals surface area (Å²) in [6, 6.07) is 7.44. The summed E-state index contributed by atoms with van der Waals surface area (Å²) < 4.78 is 0. The third-order valence-corrected chi connectivity index (χ3v) is 4.13. The van der Waals surface area contributed by atoms with Crippen molar-refractivity contribution in [3.05, 3.63) is 29.8 Å². The van der Waals surface area contributed by atoms with Crippen LogP contribution in [0.25, 0.3) is 0 Å². The zero-order valence-electron chi connectivity index (χ0n) is 11.8. The van der Waals surface area contributed by atoms with Crippen LogP contribution in [0.1, 0.15) is 57.6 Å². The SMILES string of the molecule is CC(O)c1cccc(NC(=O)C2(C)CCCCC2)c1. The van der Waals surface area contributed by atoms with Crippen LogP contribution in [0.2, 0.25) is 0 Å². The van der Waals surface area contributed by atoms with Crippen molar-refractivity contribution < 1.29 is 9.90 Å². The molecular formula is C16H23NO2. The lowest BCUT2D eigenvalue weighted by atomic mass is 9.75. The van der Waals surface area contributed by atoms with Gasteiger partial charge in [0.25, 0.3) is 0 Å². The predicted octanol–water partition coefficient (Wildman–Crippen LogP) is 3.65. The van der Waals surface area contributed by atoms with E-state index in [1.807, 2.05) is 24.3 Å². The molecule has 0 bridgehead atoms. The van der Waals surface area contributed by atoms with Crippen LogP contribution in [0.3, 0.4) is 0 Å². The lowest BCUT2D eigenvalue weighted by Crippen LogP contribution is -2.35. The molecule has 1 saturated carbocycles. The number of aliphatic hydroxyl groups excluding tert-OH is 1. The second-order valence-electron chi connectivity index (χ2n) is 5.88. The number of nitrogens with one attached hydrogen (secondary N) is 1. The van der Waals surface area contributed by atoms with Gasteiger partial charge in [0.05, 0.1) is 6.10 Å². The molecule has 0 radical (unpaired) electrons. The Labute approximate surface area is 115 Å². The third kappa shape index (κ3) is 3.35. The second-order valence-corrected chi connectivity index (χ2v) is 5.88. The zero-order valence-corrected chi connectivity index (χ0v) is 11.8. The summed E-state index contributed by atoms with van der Waals surface area (Å²) in [4.78, 5) is 12.4. The molecule has 1 unspecified atom stereocenters. The predicted molar refractivity (Wildman–Crippen MR) is 76.9 cm³/mol. The Kier molecular flexibility index (Phi) is 4.25. The minimum Gasteiger partial charge on any atom is -0.389 e. The molecule has 1 aliphatic rings. The summed E-state index contributed by atoms with van der Waals surface area (Å²) in [5, 5.41) is 12.6. The Hall–Kier alpha value is -1.35. The van der Waals surface area contributed by atoms with Crippen molar-refractivity contribution in [3.8, 4) is 0 Å². The van der Waals surface area contributed by atoms with Gasteiger partial charge < -0.3 is 10.4 Å². The second kappa shape index (κ2) is 5.74. The molecule has 3 heteroatoms. The van der Waals surface area contributed by atoms with Gasteiger partial charge in [0.2, 0.25) is 5.91 Å². The van der Waals surface area contributed by atoms with E-state index in [9.17, 15) is 9.90 Å². The monoisotopic (exact) mass is 261 g/mol. The quantitative estimate of drug-likeness (QED) is 0.872. The fourth-order valence-corrected chi connectivity index (χ4v) is 2.72. The van der Waals surface area contributed by atoms with Gasteiger partial charge in [-0.15, -0.1) is 0 Å². The fourth-order valence-electron chi connectivity index (χ4n) is 2.72. The summed E-state index contributed by atoms with van der Waals surface area (Å²) in [5.41, 5.74) is 1.36. The minimum atomic E-state index is -0.512. The van der Waals surface area contributed by atoms with Gasteiger partial charge >= 0.3 is 0 Å². The van der Waals surface area contributed by atoms with Gasteiger partial charge in [0.1, 0.15) is 0 Å². The highest BCUT2D eigenvalue weighted by atomic mass is 16.3. The smallest absolute Gasteiger partial charge is 0.230 e. The molecule has 0 aliphatic heterocycles. The summed E-state index contributed by atoms with van der Waals surface area (Å²) in [6.07, 6.45) is 4.93. The highest BCUT2D eigenvalue weighted by Crippen LogP contribution is 2.36. The lowest BCUT2D eigenvalue weighted by molar-refractivity contribution is -0.126. The molecule has 0 heterocycles. The molecule has 1 amide bonds. The van der Waals surface area contributed by atoms with Crippen molar-refractivity contribution in [1.29, 1.82) is 0 Å². The molecule has 1 aromatic rings. The summed E-state index contributed by atoms with van der Waals surface area (Å²) in [6.45, 7) is 3.78. The van der Waals surface area contributed by atoms with Crippen LogP contribution in [0.5, 0.6) is 0 Å². The number of carbonyl (C=O) groups excluding carboxylic acids is 1. The number of hydrogen-bond acceptors (Lipinski definition) is 2. The molecule has 104 valence electrons. The first kappa shape index (κ1) is 14.1. The van der Waals surface area contributed by atoms with E-state index >= 15 is 0 Å². The summed E-state index contributed by atoms with van der Waals surface area (Å²) in [5.74, 6) is 0.106. The van der Waals surface area contributed by atoms with Crippen LogP contribution in [0.4, 0.5) is 5.69 Å². The molecule has 19 heavy (non-hydrogen) atoms. The maximum atomic E-state index is 12.4. The minimum absolute atomic E-state index is 0.106. The molecule has 1 fully saturated rings. The van der Waals surface area contributed by atoms with Crippen molar-refractivity contribution in [3.63, 3.8) is 0 Å². The lowest BCUT2D eigenvalue weighted by Gasteiger charge is -2.32. The number of hydrogen-bond donors (Lipinski definition) is 2. The molecule has 0 spiro atoms. The Balaban J connectivity index is 2.08. The van der Waals surface area contributed by atoms with Crippen LogP contribution < -0.4 is 5.32 Å². The highest BCUT2D eigenvalue weighted by Gasteiger charge is 2.34. The molecule has 3 nitrogen and oxygen atoms in total. The van der Waals surface area contributed by atoms with E-state index in [1.54, 1.807) is 6.92 Å². The Morgan fingerprint density at radius 1 is 1.32 bits per heavy atom. The fraction of sp³-hybridized carbons (Fsp3) is 0.562. The van der Waals surface area contributed by atoms with E-state index in [-0.39, 0.29) is 11.3 Å². The Morgan fingerprint density at radius 2 is 2.00 bits per heavy atom. The number of carbonyl (C=O) groups is 1. The number of aliphatic hydroxyl groups is 1. The largest absolute Gasteiger partial charge is 0.389 e. The van der Waals surface area contributed by atoms with Crippen LogP contribution in [0.15, 0.2) is 24.3 Å². The van der Waals surface area contributed by atoms with E-state index < -0.39 is 6.10 Å². The van der Waals surface area contributed by atoms with Crippen LogP contribution in [-0.2, 0) is 4.79 Å². The van der Waals surface area contributed by atoms with Gasteiger partial charge in [0.15, 0.2) is 0 Å². The maximum Gasteiger partial charge on any atom is 0.230 e. The van der Waals surface area contributed by atoms with Crippen LogP contribution >= 0.6 is 0 Å². The number of anilines is 1. The highest BCUT2D eigenvalue weighted by molar-refractivity contribution is 5.95. The molecule has 2 rings (SSSR count). The molecule has 1 atom stereocenters. The van der Waals surface area contributed by atoms with Crippen molar-refractivity contribution in [2.24, 2.45) is 5.41 Å². The standard InChI is InChI=1S/C16H23NO2/c1-12(18)13-7-6-8-14(11-13)17-15(19)16(2)9-4-3-5-10-16/h6-8,11-12,18H,3-5,9-10H2,1-2H3,(H,17,19). The maximum absolute atomic E-state index is 12.4. The van der Waals surface area contributed by atoms with Crippen molar-refractivity contribution in [2.45, 2.75) is 52.1 Å². The average Bonchev–Trinajstić information content (AvgIpc) is 2.40. The number of benzene rings is 1. The first-order valence-electron chi connectivity index (χ1n) is 7.11. The molecule has 2 N–H and O–H groups in total. The van der Waals surface area contributed by atoms with E-state index in [1.165, 1.54) is 6.42 Å². The van der Waals surface area contributed by atoms with E-state index in [4.69, 9.17) is 0 Å². The van der Waals surface area contributed by atoms with Gasteiger partial charge in [-0.1, -0.05) is 38.3 Å². The van der Waals surface area contributed by atoms with Gasteiger partial charge in [-0.25, -0.2) is 0 Å². The van der Waals surface area contributed by atoms with Crippen molar-refractivity contribution in [2.75, 3.05) is 5.32 Å². The Morgan fingerprint density at radius 3 is 2.63 bits per heavy atom. The van der Waals surface area contributed by atoms with E-state index in [0.717, 1.165) is 36.9 Å². The van der Waals surface area contributed by atoms with Crippen molar-refractivity contribution in [1.82, 2.24) is 0 Å². The van der Waals surface area contributed by atoms with Crippen LogP contribution in [-0.4, -0.2) is 11.0 Å². The number of amides is 1. The first-order valence-corrected chi connectivity index (χ1v) is 7.11.